The number of likely N-dealkylation sites (tertiary alicyclic amines) is 1. The summed E-state index contributed by atoms with van der Waals surface area (Å²) >= 11 is 0. The normalized spacial score (nSPS) is 15.6. The zero-order valence-corrected chi connectivity index (χ0v) is 11.9. The Bertz CT molecular complexity index is 509. The summed E-state index contributed by atoms with van der Waals surface area (Å²) in [4.78, 5) is 23.9. The number of esters is 1. The molecule has 21 heavy (non-hydrogen) atoms. The van der Waals surface area contributed by atoms with Crippen LogP contribution in [0.3, 0.4) is 0 Å². The van der Waals surface area contributed by atoms with Crippen LogP contribution in [-0.4, -0.2) is 47.9 Å². The quantitative estimate of drug-likeness (QED) is 0.863. The van der Waals surface area contributed by atoms with Gasteiger partial charge in [0.25, 0.3) is 0 Å². The molecule has 1 saturated heterocycles. The van der Waals surface area contributed by atoms with E-state index in [4.69, 9.17) is 14.6 Å². The minimum atomic E-state index is -0.891. The molecule has 1 fully saturated rings. The number of ether oxygens (including phenoxy) is 2. The maximum atomic E-state index is 11.7. The van der Waals surface area contributed by atoms with Crippen LogP contribution in [0.2, 0.25) is 0 Å². The van der Waals surface area contributed by atoms with Crippen LogP contribution in [0.4, 0.5) is 4.79 Å². The molecule has 0 aliphatic carbocycles. The van der Waals surface area contributed by atoms with Crippen LogP contribution < -0.4 is 4.74 Å². The third kappa shape index (κ3) is 4.11. The van der Waals surface area contributed by atoms with Crippen molar-refractivity contribution in [1.82, 2.24) is 4.90 Å². The molecule has 6 nitrogen and oxygen atoms in total. The first-order chi connectivity index (χ1) is 10.1. The number of benzene rings is 1. The molecule has 0 bridgehead atoms. The fourth-order valence-electron chi connectivity index (χ4n) is 2.27. The number of nitrogens with zero attached hydrogens (tertiary/aromatic N) is 1. The van der Waals surface area contributed by atoms with Gasteiger partial charge >= 0.3 is 12.1 Å². The molecule has 6 heteroatoms. The standard InChI is InChI=1S/C15H19NO5/c1-2-20-14(17)11-4-3-5-13(10-11)21-12-6-8-16(9-7-12)15(18)19/h3-5,10,12H,2,6-9H2,1H3,(H,18,19). The third-order valence-corrected chi connectivity index (χ3v) is 3.36. The lowest BCUT2D eigenvalue weighted by molar-refractivity contribution is 0.0524. The predicted octanol–water partition coefficient (Wildman–Crippen LogP) is 2.38. The van der Waals surface area contributed by atoms with Gasteiger partial charge in [-0.1, -0.05) is 6.07 Å². The zero-order chi connectivity index (χ0) is 15.2. The Hall–Kier alpha value is -2.24. The Kier molecular flexibility index (Phi) is 5.03. The van der Waals surface area contributed by atoms with E-state index in [2.05, 4.69) is 0 Å². The van der Waals surface area contributed by atoms with Crippen LogP contribution in [0, 0.1) is 0 Å². The fraction of sp³-hybridized carbons (Fsp3) is 0.467. The molecule has 2 rings (SSSR count). The van der Waals surface area contributed by atoms with E-state index in [0.29, 0.717) is 43.9 Å². The van der Waals surface area contributed by atoms with E-state index in [9.17, 15) is 9.59 Å². The summed E-state index contributed by atoms with van der Waals surface area (Å²) in [7, 11) is 0. The number of piperidine rings is 1. The molecule has 0 saturated carbocycles. The number of carbonyl (C=O) groups excluding carboxylic acids is 1. The largest absolute Gasteiger partial charge is 0.490 e. The molecule has 1 aliphatic rings. The van der Waals surface area contributed by atoms with Gasteiger partial charge < -0.3 is 19.5 Å². The van der Waals surface area contributed by atoms with Crippen LogP contribution >= 0.6 is 0 Å². The second-order valence-corrected chi connectivity index (χ2v) is 4.84. The molecule has 0 unspecified atom stereocenters. The number of carbonyl (C=O) groups is 2. The second-order valence-electron chi connectivity index (χ2n) is 4.84. The van der Waals surface area contributed by atoms with Gasteiger partial charge in [-0.2, -0.15) is 0 Å². The molecule has 1 aliphatic heterocycles. The van der Waals surface area contributed by atoms with Crippen molar-refractivity contribution in [3.8, 4) is 5.75 Å². The molecule has 1 heterocycles. The molecular formula is C15H19NO5. The van der Waals surface area contributed by atoms with Crippen molar-refractivity contribution in [3.05, 3.63) is 29.8 Å². The lowest BCUT2D eigenvalue weighted by atomic mass is 10.1. The molecule has 0 atom stereocenters. The van der Waals surface area contributed by atoms with Gasteiger partial charge in [0.05, 0.1) is 12.2 Å². The van der Waals surface area contributed by atoms with Gasteiger partial charge in [0.2, 0.25) is 0 Å². The van der Waals surface area contributed by atoms with E-state index in [1.807, 2.05) is 0 Å². The molecule has 114 valence electrons. The van der Waals surface area contributed by atoms with Gasteiger partial charge in [-0.3, -0.25) is 0 Å². The molecule has 0 radical (unpaired) electrons. The van der Waals surface area contributed by atoms with E-state index in [0.717, 1.165) is 0 Å². The topological polar surface area (TPSA) is 76.1 Å². The molecule has 1 amide bonds. The summed E-state index contributed by atoms with van der Waals surface area (Å²) in [5, 5.41) is 8.90. The SMILES string of the molecule is CCOC(=O)c1cccc(OC2CCN(C(=O)O)CC2)c1. The first kappa shape index (κ1) is 15.2. The predicted molar refractivity (Wildman–Crippen MR) is 75.6 cm³/mol. The molecule has 1 aromatic carbocycles. The van der Waals surface area contributed by atoms with E-state index >= 15 is 0 Å². The maximum Gasteiger partial charge on any atom is 0.407 e. The van der Waals surface area contributed by atoms with Crippen molar-refractivity contribution >= 4 is 12.1 Å². The lowest BCUT2D eigenvalue weighted by Gasteiger charge is -2.30. The van der Waals surface area contributed by atoms with Crippen LogP contribution in [0.15, 0.2) is 24.3 Å². The van der Waals surface area contributed by atoms with E-state index < -0.39 is 6.09 Å². The Balaban J connectivity index is 1.93. The zero-order valence-electron chi connectivity index (χ0n) is 11.9. The van der Waals surface area contributed by atoms with E-state index in [-0.39, 0.29) is 12.1 Å². The van der Waals surface area contributed by atoms with E-state index in [1.54, 1.807) is 31.2 Å². The second kappa shape index (κ2) is 6.97. The van der Waals surface area contributed by atoms with Crippen LogP contribution in [0.1, 0.15) is 30.1 Å². The van der Waals surface area contributed by atoms with Crippen LogP contribution in [0.25, 0.3) is 0 Å². The Labute approximate surface area is 123 Å². The molecule has 0 aromatic heterocycles. The first-order valence-electron chi connectivity index (χ1n) is 7.02. The summed E-state index contributed by atoms with van der Waals surface area (Å²) in [5.41, 5.74) is 0.456. The Morgan fingerprint density at radius 1 is 1.33 bits per heavy atom. The van der Waals surface area contributed by atoms with Gasteiger partial charge in [-0.05, 0) is 25.1 Å². The number of carboxylic acid groups (broad SMARTS) is 1. The maximum absolute atomic E-state index is 11.7. The van der Waals surface area contributed by atoms with Crippen molar-refractivity contribution in [2.45, 2.75) is 25.9 Å². The fourth-order valence-corrected chi connectivity index (χ4v) is 2.27. The van der Waals surface area contributed by atoms with Crippen molar-refractivity contribution in [2.75, 3.05) is 19.7 Å². The third-order valence-electron chi connectivity index (χ3n) is 3.36. The average Bonchev–Trinajstić information content (AvgIpc) is 2.48. The minimum absolute atomic E-state index is 0.0296. The van der Waals surface area contributed by atoms with Crippen molar-refractivity contribution < 1.29 is 24.2 Å². The van der Waals surface area contributed by atoms with E-state index in [1.165, 1.54) is 4.90 Å². The highest BCUT2D eigenvalue weighted by Crippen LogP contribution is 2.20. The highest BCUT2D eigenvalue weighted by Gasteiger charge is 2.23. The first-order valence-corrected chi connectivity index (χ1v) is 7.02. The monoisotopic (exact) mass is 293 g/mol. The highest BCUT2D eigenvalue weighted by molar-refractivity contribution is 5.89. The summed E-state index contributed by atoms with van der Waals surface area (Å²) in [5.74, 6) is 0.234. The minimum Gasteiger partial charge on any atom is -0.490 e. The van der Waals surface area contributed by atoms with Gasteiger partial charge in [-0.25, -0.2) is 9.59 Å². The lowest BCUT2D eigenvalue weighted by Crippen LogP contribution is -2.41. The number of hydrogen-bond acceptors (Lipinski definition) is 4. The number of hydrogen-bond donors (Lipinski definition) is 1. The summed E-state index contributed by atoms with van der Waals surface area (Å²) in [6, 6.07) is 6.86. The molecular weight excluding hydrogens is 274 g/mol. The summed E-state index contributed by atoms with van der Waals surface area (Å²) in [6.45, 7) is 3.03. The van der Waals surface area contributed by atoms with Crippen molar-refractivity contribution in [2.24, 2.45) is 0 Å². The Morgan fingerprint density at radius 2 is 2.05 bits per heavy atom. The van der Waals surface area contributed by atoms with Gasteiger partial charge in [-0.15, -0.1) is 0 Å². The van der Waals surface area contributed by atoms with Crippen LogP contribution in [0.5, 0.6) is 5.75 Å². The van der Waals surface area contributed by atoms with Crippen molar-refractivity contribution in [3.63, 3.8) is 0 Å². The van der Waals surface area contributed by atoms with Crippen LogP contribution in [-0.2, 0) is 4.74 Å². The van der Waals surface area contributed by atoms with Gasteiger partial charge in [0.1, 0.15) is 11.9 Å². The van der Waals surface area contributed by atoms with Crippen molar-refractivity contribution in [1.29, 1.82) is 0 Å². The number of rotatable bonds is 4. The number of amides is 1. The molecule has 0 spiro atoms. The van der Waals surface area contributed by atoms with Gasteiger partial charge in [0, 0.05) is 25.9 Å². The molecule has 1 aromatic rings. The average molecular weight is 293 g/mol. The smallest absolute Gasteiger partial charge is 0.407 e. The summed E-state index contributed by atoms with van der Waals surface area (Å²) in [6.07, 6.45) is 0.377. The van der Waals surface area contributed by atoms with Gasteiger partial charge in [0.15, 0.2) is 0 Å². The Morgan fingerprint density at radius 3 is 2.67 bits per heavy atom. The molecule has 1 N–H and O–H groups in total. The summed E-state index contributed by atoms with van der Waals surface area (Å²) < 4.78 is 10.8. The highest BCUT2D eigenvalue weighted by atomic mass is 16.5.